The molecule has 1 aromatic carbocycles. The predicted molar refractivity (Wildman–Crippen MR) is 55.2 cm³/mol. The number of hydrogen-bond donors (Lipinski definition) is 0. The van der Waals surface area contributed by atoms with Crippen LogP contribution >= 0.6 is 0 Å². The van der Waals surface area contributed by atoms with E-state index in [9.17, 15) is 18.0 Å². The van der Waals surface area contributed by atoms with Gasteiger partial charge < -0.3 is 0 Å². The summed E-state index contributed by atoms with van der Waals surface area (Å²) < 4.78 is 36.7. The number of carbonyl (C=O) groups is 1. The molecule has 0 aliphatic heterocycles. The second-order valence-corrected chi connectivity index (χ2v) is 3.51. The Hall–Kier alpha value is -1.83. The van der Waals surface area contributed by atoms with Crippen LogP contribution in [0.15, 0.2) is 24.3 Å². The van der Waals surface area contributed by atoms with Gasteiger partial charge in [0.2, 0.25) is 0 Å². The second kappa shape index (κ2) is 5.48. The molecule has 17 heavy (non-hydrogen) atoms. The van der Waals surface area contributed by atoms with Gasteiger partial charge in [-0.05, 0) is 18.6 Å². The average molecular weight is 241 g/mol. The van der Waals surface area contributed by atoms with E-state index in [1.807, 2.05) is 6.07 Å². The minimum atomic E-state index is -4.39. The zero-order chi connectivity index (χ0) is 12.9. The number of carbonyl (C=O) groups excluding carboxylic acids is 1. The van der Waals surface area contributed by atoms with Crippen LogP contribution in [0.5, 0.6) is 0 Å². The Morgan fingerprint density at radius 1 is 1.24 bits per heavy atom. The van der Waals surface area contributed by atoms with E-state index in [0.717, 1.165) is 24.3 Å². The lowest BCUT2D eigenvalue weighted by molar-refractivity contribution is -0.137. The molecule has 0 saturated heterocycles. The van der Waals surface area contributed by atoms with Gasteiger partial charge >= 0.3 is 6.18 Å². The highest BCUT2D eigenvalue weighted by atomic mass is 19.4. The number of rotatable bonds is 4. The lowest BCUT2D eigenvalue weighted by atomic mass is 10.0. The summed E-state index contributed by atoms with van der Waals surface area (Å²) in [4.78, 5) is 11.5. The van der Waals surface area contributed by atoms with Crippen LogP contribution < -0.4 is 0 Å². The normalized spacial score (nSPS) is 10.9. The van der Waals surface area contributed by atoms with E-state index < -0.39 is 11.7 Å². The van der Waals surface area contributed by atoms with Crippen LogP contribution in [0.1, 0.15) is 35.2 Å². The standard InChI is InChI=1S/C12H10F3NO/c13-12(14,15)10-6-4-9(5-7-10)11(17)3-1-2-8-16/h4-7H,1-3H2. The fourth-order valence-electron chi connectivity index (χ4n) is 1.32. The predicted octanol–water partition coefficient (Wildman–Crippen LogP) is 3.58. The summed E-state index contributed by atoms with van der Waals surface area (Å²) in [5.41, 5.74) is -0.526. The maximum Gasteiger partial charge on any atom is 0.416 e. The Balaban J connectivity index is 2.68. The summed E-state index contributed by atoms with van der Waals surface area (Å²) in [5.74, 6) is -0.242. The molecule has 0 bridgehead atoms. The highest BCUT2D eigenvalue weighted by molar-refractivity contribution is 5.96. The average Bonchev–Trinajstić information content (AvgIpc) is 2.28. The molecule has 0 aliphatic rings. The van der Waals surface area contributed by atoms with Crippen molar-refractivity contribution in [2.75, 3.05) is 0 Å². The van der Waals surface area contributed by atoms with Crippen LogP contribution in [0.25, 0.3) is 0 Å². The highest BCUT2D eigenvalue weighted by Gasteiger charge is 2.30. The molecule has 0 aromatic heterocycles. The van der Waals surface area contributed by atoms with Crippen molar-refractivity contribution in [3.05, 3.63) is 35.4 Å². The molecule has 0 amide bonds. The van der Waals surface area contributed by atoms with Crippen LogP contribution in [0.4, 0.5) is 13.2 Å². The van der Waals surface area contributed by atoms with Crippen LogP contribution in [0, 0.1) is 11.3 Å². The number of hydrogen-bond acceptors (Lipinski definition) is 2. The van der Waals surface area contributed by atoms with E-state index in [4.69, 9.17) is 5.26 Å². The first-order valence-electron chi connectivity index (χ1n) is 5.02. The maximum atomic E-state index is 12.2. The number of benzene rings is 1. The van der Waals surface area contributed by atoms with Gasteiger partial charge in [-0.1, -0.05) is 12.1 Å². The van der Waals surface area contributed by atoms with E-state index in [1.54, 1.807) is 0 Å². The maximum absolute atomic E-state index is 12.2. The van der Waals surface area contributed by atoms with Gasteiger partial charge in [-0.25, -0.2) is 0 Å². The minimum Gasteiger partial charge on any atom is -0.294 e. The fraction of sp³-hybridized carbons (Fsp3) is 0.333. The van der Waals surface area contributed by atoms with Gasteiger partial charge in [-0.15, -0.1) is 0 Å². The lowest BCUT2D eigenvalue weighted by Gasteiger charge is -2.06. The Morgan fingerprint density at radius 3 is 2.29 bits per heavy atom. The van der Waals surface area contributed by atoms with Gasteiger partial charge in [-0.2, -0.15) is 18.4 Å². The van der Waals surface area contributed by atoms with E-state index in [-0.39, 0.29) is 24.2 Å². The quantitative estimate of drug-likeness (QED) is 0.597. The molecule has 90 valence electrons. The highest BCUT2D eigenvalue weighted by Crippen LogP contribution is 2.29. The Kier molecular flexibility index (Phi) is 4.27. The Bertz CT molecular complexity index is 429. The number of alkyl halides is 3. The van der Waals surface area contributed by atoms with E-state index in [2.05, 4.69) is 0 Å². The van der Waals surface area contributed by atoms with Gasteiger partial charge in [-0.3, -0.25) is 4.79 Å². The molecule has 5 heteroatoms. The smallest absolute Gasteiger partial charge is 0.294 e. The molecule has 0 radical (unpaired) electrons. The number of nitriles is 1. The molecule has 2 nitrogen and oxygen atoms in total. The number of unbranched alkanes of at least 4 members (excludes halogenated alkanes) is 1. The van der Waals surface area contributed by atoms with Crippen molar-refractivity contribution in [3.8, 4) is 6.07 Å². The summed E-state index contributed by atoms with van der Waals surface area (Å²) in [6, 6.07) is 6.00. The van der Waals surface area contributed by atoms with Crippen molar-refractivity contribution >= 4 is 5.78 Å². The number of Topliss-reactive ketones (excluding diaryl/α,β-unsaturated/α-hetero) is 1. The molecular formula is C12H10F3NO. The second-order valence-electron chi connectivity index (χ2n) is 3.51. The molecular weight excluding hydrogens is 231 g/mol. The Labute approximate surface area is 96.7 Å². The largest absolute Gasteiger partial charge is 0.416 e. The SMILES string of the molecule is N#CCCCC(=O)c1ccc(C(F)(F)F)cc1. The van der Waals surface area contributed by atoms with Crippen molar-refractivity contribution in [1.82, 2.24) is 0 Å². The first-order chi connectivity index (χ1) is 7.95. The van der Waals surface area contributed by atoms with Gasteiger partial charge in [0.15, 0.2) is 5.78 Å². The summed E-state index contributed by atoms with van der Waals surface area (Å²) in [7, 11) is 0. The van der Waals surface area contributed by atoms with Crippen molar-refractivity contribution in [2.24, 2.45) is 0 Å². The lowest BCUT2D eigenvalue weighted by Crippen LogP contribution is -2.06. The third-order valence-electron chi connectivity index (χ3n) is 2.23. The number of nitrogens with zero attached hydrogens (tertiary/aromatic N) is 1. The summed E-state index contributed by atoms with van der Waals surface area (Å²) in [5, 5.41) is 8.29. The van der Waals surface area contributed by atoms with Crippen LogP contribution in [0.2, 0.25) is 0 Å². The molecule has 0 spiro atoms. The molecule has 0 N–H and O–H groups in total. The molecule has 1 aromatic rings. The molecule has 0 atom stereocenters. The minimum absolute atomic E-state index is 0.179. The monoisotopic (exact) mass is 241 g/mol. The summed E-state index contributed by atoms with van der Waals surface area (Å²) in [6.07, 6.45) is -3.51. The molecule has 0 aliphatic carbocycles. The van der Waals surface area contributed by atoms with Crippen molar-refractivity contribution in [1.29, 1.82) is 5.26 Å². The van der Waals surface area contributed by atoms with Crippen molar-refractivity contribution in [2.45, 2.75) is 25.4 Å². The molecule has 1 rings (SSSR count). The Morgan fingerprint density at radius 2 is 1.82 bits per heavy atom. The van der Waals surface area contributed by atoms with Crippen LogP contribution in [0.3, 0.4) is 0 Å². The van der Waals surface area contributed by atoms with E-state index in [0.29, 0.717) is 6.42 Å². The zero-order valence-electron chi connectivity index (χ0n) is 8.92. The third kappa shape index (κ3) is 3.91. The zero-order valence-corrected chi connectivity index (χ0v) is 8.92. The molecule has 0 unspecified atom stereocenters. The van der Waals surface area contributed by atoms with Crippen LogP contribution in [-0.4, -0.2) is 5.78 Å². The van der Waals surface area contributed by atoms with Gasteiger partial charge in [0.1, 0.15) is 0 Å². The van der Waals surface area contributed by atoms with Gasteiger partial charge in [0.05, 0.1) is 11.6 Å². The third-order valence-corrected chi connectivity index (χ3v) is 2.23. The number of ketones is 1. The van der Waals surface area contributed by atoms with Crippen LogP contribution in [-0.2, 0) is 6.18 Å². The molecule has 0 saturated carbocycles. The summed E-state index contributed by atoms with van der Waals surface area (Å²) >= 11 is 0. The van der Waals surface area contributed by atoms with Gasteiger partial charge in [0.25, 0.3) is 0 Å². The van der Waals surface area contributed by atoms with E-state index in [1.165, 1.54) is 0 Å². The summed E-state index contributed by atoms with van der Waals surface area (Å²) in [6.45, 7) is 0. The van der Waals surface area contributed by atoms with E-state index >= 15 is 0 Å². The topological polar surface area (TPSA) is 40.9 Å². The first-order valence-corrected chi connectivity index (χ1v) is 5.02. The van der Waals surface area contributed by atoms with Crippen molar-refractivity contribution < 1.29 is 18.0 Å². The molecule has 0 fully saturated rings. The van der Waals surface area contributed by atoms with Gasteiger partial charge in [0, 0.05) is 18.4 Å². The number of halogens is 3. The first kappa shape index (κ1) is 13.2. The van der Waals surface area contributed by atoms with Crippen molar-refractivity contribution in [3.63, 3.8) is 0 Å². The molecule has 0 heterocycles. The fourth-order valence-corrected chi connectivity index (χ4v) is 1.32.